The largest absolute Gasteiger partial charge is 0.304 e. The molecule has 0 aromatic heterocycles. The summed E-state index contributed by atoms with van der Waals surface area (Å²) in [6, 6.07) is 14.0. The van der Waals surface area contributed by atoms with Crippen LogP contribution in [0.2, 0.25) is 0 Å². The Morgan fingerprint density at radius 1 is 0.875 bits per heavy atom. The molecule has 128 valence electrons. The van der Waals surface area contributed by atoms with Gasteiger partial charge in [0, 0.05) is 37.2 Å². The third kappa shape index (κ3) is 4.06. The summed E-state index contributed by atoms with van der Waals surface area (Å²) in [4.78, 5) is 5.38. The third-order valence-corrected chi connectivity index (χ3v) is 6.67. The molecule has 0 bridgehead atoms. The van der Waals surface area contributed by atoms with Crippen molar-refractivity contribution in [3.63, 3.8) is 0 Å². The van der Waals surface area contributed by atoms with Crippen LogP contribution in [0.15, 0.2) is 62.8 Å². The second kappa shape index (κ2) is 7.35. The molecule has 1 aliphatic rings. The highest BCUT2D eigenvalue weighted by Crippen LogP contribution is 2.23. The lowest BCUT2D eigenvalue weighted by Crippen LogP contribution is -2.43. The number of sulfone groups is 1. The minimum absolute atomic E-state index is 0.317. The summed E-state index contributed by atoms with van der Waals surface area (Å²) in [5.74, 6) is 0. The van der Waals surface area contributed by atoms with Crippen LogP contribution in [-0.4, -0.2) is 51.4 Å². The van der Waals surface area contributed by atoms with Gasteiger partial charge in [0.25, 0.3) is 0 Å². The molecule has 2 aromatic rings. The number of halogens is 1. The van der Waals surface area contributed by atoms with Crippen molar-refractivity contribution in [2.75, 3.05) is 33.2 Å². The molecule has 1 saturated heterocycles. The summed E-state index contributed by atoms with van der Waals surface area (Å²) in [6.45, 7) is 5.13. The van der Waals surface area contributed by atoms with Gasteiger partial charge >= 0.3 is 0 Å². The van der Waals surface area contributed by atoms with Gasteiger partial charge in [0.2, 0.25) is 9.84 Å². The van der Waals surface area contributed by atoms with Gasteiger partial charge < -0.3 is 4.90 Å². The van der Waals surface area contributed by atoms with E-state index < -0.39 is 9.84 Å². The Kier molecular flexibility index (Phi) is 5.39. The molecule has 0 atom stereocenters. The highest BCUT2D eigenvalue weighted by atomic mass is 79.9. The summed E-state index contributed by atoms with van der Waals surface area (Å²) in [5, 5.41) is 0. The summed E-state index contributed by atoms with van der Waals surface area (Å²) in [6.07, 6.45) is 0. The molecular weight excluding hydrogens is 388 g/mol. The first-order valence-electron chi connectivity index (χ1n) is 7.96. The maximum Gasteiger partial charge on any atom is 0.206 e. The number of benzene rings is 2. The van der Waals surface area contributed by atoms with Crippen molar-refractivity contribution < 1.29 is 8.42 Å². The molecule has 0 aliphatic carbocycles. The van der Waals surface area contributed by atoms with E-state index in [1.807, 2.05) is 12.1 Å². The lowest BCUT2D eigenvalue weighted by molar-refractivity contribution is 0.148. The number of likely N-dealkylation sites (N-methyl/N-ethyl adjacent to an activating group) is 1. The van der Waals surface area contributed by atoms with Gasteiger partial charge in [0.1, 0.15) is 0 Å². The maximum absolute atomic E-state index is 12.7. The van der Waals surface area contributed by atoms with E-state index in [1.165, 1.54) is 0 Å². The summed E-state index contributed by atoms with van der Waals surface area (Å²) in [5.41, 5.74) is 1.15. The van der Waals surface area contributed by atoms with Gasteiger partial charge in [-0.25, -0.2) is 8.42 Å². The van der Waals surface area contributed by atoms with Gasteiger partial charge in [-0.05, 0) is 49.0 Å². The van der Waals surface area contributed by atoms with Crippen molar-refractivity contribution in [3.05, 3.63) is 58.6 Å². The van der Waals surface area contributed by atoms with Crippen LogP contribution in [-0.2, 0) is 16.4 Å². The van der Waals surface area contributed by atoms with E-state index in [2.05, 4.69) is 32.8 Å². The van der Waals surface area contributed by atoms with Gasteiger partial charge in [-0.2, -0.15) is 0 Å². The Balaban J connectivity index is 1.73. The number of rotatable bonds is 4. The second-order valence-corrected chi connectivity index (χ2v) is 9.05. The molecular formula is C18H21BrN2O2S. The number of piperazine rings is 1. The summed E-state index contributed by atoms with van der Waals surface area (Å²) < 4.78 is 26.2. The first-order chi connectivity index (χ1) is 11.4. The molecule has 0 amide bonds. The highest BCUT2D eigenvalue weighted by Gasteiger charge is 2.18. The van der Waals surface area contributed by atoms with Crippen molar-refractivity contribution in [3.8, 4) is 0 Å². The molecule has 4 nitrogen and oxygen atoms in total. The fourth-order valence-corrected chi connectivity index (χ4v) is 4.31. The molecule has 1 heterocycles. The van der Waals surface area contributed by atoms with E-state index in [4.69, 9.17) is 0 Å². The van der Waals surface area contributed by atoms with E-state index >= 15 is 0 Å². The standard InChI is InChI=1S/C18H21BrN2O2S/c1-20-10-12-21(13-11-20)14-15-2-6-17(7-3-15)24(22,23)18-8-4-16(19)5-9-18/h2-9H,10-14H2,1H3. The van der Waals surface area contributed by atoms with Crippen LogP contribution in [0.1, 0.15) is 5.56 Å². The molecule has 0 N–H and O–H groups in total. The van der Waals surface area contributed by atoms with Crippen molar-refractivity contribution in [1.82, 2.24) is 9.80 Å². The zero-order chi connectivity index (χ0) is 17.2. The molecule has 2 aromatic carbocycles. The topological polar surface area (TPSA) is 40.6 Å². The van der Waals surface area contributed by atoms with E-state index in [0.29, 0.717) is 9.79 Å². The SMILES string of the molecule is CN1CCN(Cc2ccc(S(=O)(=O)c3ccc(Br)cc3)cc2)CC1. The fraction of sp³-hybridized carbons (Fsp3) is 0.333. The third-order valence-electron chi connectivity index (χ3n) is 4.36. The predicted octanol–water partition coefficient (Wildman–Crippen LogP) is 3.03. The molecule has 24 heavy (non-hydrogen) atoms. The minimum atomic E-state index is -3.45. The van der Waals surface area contributed by atoms with Gasteiger partial charge in [-0.15, -0.1) is 0 Å². The maximum atomic E-state index is 12.7. The van der Waals surface area contributed by atoms with Crippen molar-refractivity contribution in [2.45, 2.75) is 16.3 Å². The van der Waals surface area contributed by atoms with Crippen LogP contribution >= 0.6 is 15.9 Å². The van der Waals surface area contributed by atoms with E-state index in [1.54, 1.807) is 36.4 Å². The number of hydrogen-bond acceptors (Lipinski definition) is 4. The van der Waals surface area contributed by atoms with Crippen molar-refractivity contribution in [2.24, 2.45) is 0 Å². The van der Waals surface area contributed by atoms with Crippen LogP contribution < -0.4 is 0 Å². The minimum Gasteiger partial charge on any atom is -0.304 e. The predicted molar refractivity (Wildman–Crippen MR) is 98.8 cm³/mol. The lowest BCUT2D eigenvalue weighted by atomic mass is 10.2. The van der Waals surface area contributed by atoms with Crippen LogP contribution in [0.25, 0.3) is 0 Å². The summed E-state index contributed by atoms with van der Waals surface area (Å²) in [7, 11) is -1.32. The molecule has 0 unspecified atom stereocenters. The van der Waals surface area contributed by atoms with E-state index in [0.717, 1.165) is 42.8 Å². The van der Waals surface area contributed by atoms with Crippen molar-refractivity contribution >= 4 is 25.8 Å². The molecule has 0 spiro atoms. The van der Waals surface area contributed by atoms with Gasteiger partial charge in [-0.3, -0.25) is 4.90 Å². The Labute approximate surface area is 152 Å². The first kappa shape index (κ1) is 17.6. The highest BCUT2D eigenvalue weighted by molar-refractivity contribution is 9.10. The quantitative estimate of drug-likeness (QED) is 0.779. The van der Waals surface area contributed by atoms with Crippen LogP contribution in [0.4, 0.5) is 0 Å². The monoisotopic (exact) mass is 408 g/mol. The van der Waals surface area contributed by atoms with E-state index in [9.17, 15) is 8.42 Å². The smallest absolute Gasteiger partial charge is 0.206 e. The van der Waals surface area contributed by atoms with Gasteiger partial charge in [0.15, 0.2) is 0 Å². The average molecular weight is 409 g/mol. The van der Waals surface area contributed by atoms with E-state index in [-0.39, 0.29) is 0 Å². The van der Waals surface area contributed by atoms with Crippen LogP contribution in [0.3, 0.4) is 0 Å². The zero-order valence-electron chi connectivity index (χ0n) is 13.7. The number of nitrogens with zero attached hydrogens (tertiary/aromatic N) is 2. The normalized spacial score (nSPS) is 17.1. The fourth-order valence-electron chi connectivity index (χ4n) is 2.79. The molecule has 0 radical (unpaired) electrons. The van der Waals surface area contributed by atoms with Crippen LogP contribution in [0, 0.1) is 0 Å². The molecule has 1 fully saturated rings. The van der Waals surface area contributed by atoms with Gasteiger partial charge in [0.05, 0.1) is 9.79 Å². The number of hydrogen-bond donors (Lipinski definition) is 0. The Hall–Kier alpha value is -1.21. The Morgan fingerprint density at radius 2 is 1.38 bits per heavy atom. The second-order valence-electron chi connectivity index (χ2n) is 6.18. The Morgan fingerprint density at radius 3 is 1.92 bits per heavy atom. The average Bonchev–Trinajstić information content (AvgIpc) is 2.58. The molecule has 0 saturated carbocycles. The van der Waals surface area contributed by atoms with Crippen LogP contribution in [0.5, 0.6) is 0 Å². The molecule has 3 rings (SSSR count). The Bertz CT molecular complexity index is 781. The first-order valence-corrected chi connectivity index (χ1v) is 10.2. The summed E-state index contributed by atoms with van der Waals surface area (Å²) >= 11 is 3.33. The zero-order valence-corrected chi connectivity index (χ0v) is 16.1. The lowest BCUT2D eigenvalue weighted by Gasteiger charge is -2.32. The van der Waals surface area contributed by atoms with Gasteiger partial charge in [-0.1, -0.05) is 28.1 Å². The molecule has 6 heteroatoms. The van der Waals surface area contributed by atoms with Crippen molar-refractivity contribution in [1.29, 1.82) is 0 Å². The molecule has 1 aliphatic heterocycles.